The minimum atomic E-state index is -0.136. The summed E-state index contributed by atoms with van der Waals surface area (Å²) in [4.78, 5) is 15.6. The highest BCUT2D eigenvalue weighted by Crippen LogP contribution is 2.21. The third kappa shape index (κ3) is 4.82. The van der Waals surface area contributed by atoms with Gasteiger partial charge < -0.3 is 20.4 Å². The van der Waals surface area contributed by atoms with E-state index in [1.165, 1.54) is 10.9 Å². The zero-order chi connectivity index (χ0) is 19.2. The number of urea groups is 1. The Morgan fingerprint density at radius 2 is 2.00 bits per heavy atom. The second-order valence-corrected chi connectivity index (χ2v) is 6.88. The normalized spacial score (nSPS) is 12.0. The predicted molar refractivity (Wildman–Crippen MR) is 109 cm³/mol. The molecule has 0 aliphatic heterocycles. The van der Waals surface area contributed by atoms with Gasteiger partial charge >= 0.3 is 6.03 Å². The van der Waals surface area contributed by atoms with Gasteiger partial charge in [-0.25, -0.2) is 4.79 Å². The molecule has 2 amide bonds. The van der Waals surface area contributed by atoms with Crippen LogP contribution in [0.1, 0.15) is 23.7 Å². The Hall–Kier alpha value is -2.95. The number of methoxy groups -OCH3 is 1. The number of ether oxygens (including phenoxy) is 1. The van der Waals surface area contributed by atoms with Gasteiger partial charge in [-0.15, -0.1) is 0 Å². The van der Waals surface area contributed by atoms with Crippen LogP contribution in [-0.2, 0) is 12.8 Å². The smallest absolute Gasteiger partial charge is 0.315 e. The fourth-order valence-corrected chi connectivity index (χ4v) is 3.44. The lowest BCUT2D eigenvalue weighted by molar-refractivity contribution is 0.238. The molecule has 2 aromatic carbocycles. The third-order valence-corrected chi connectivity index (χ3v) is 4.74. The Balaban J connectivity index is 1.48. The number of aryl methyl sites for hydroxylation is 1. The van der Waals surface area contributed by atoms with E-state index < -0.39 is 0 Å². The Bertz CT molecular complexity index is 917. The molecule has 3 N–H and O–H groups in total. The molecule has 1 atom stereocenters. The molecule has 1 heterocycles. The maximum Gasteiger partial charge on any atom is 0.315 e. The SMILES string of the molecule is COc1cccc(CC(C)NC(=O)NCCc2c(C)[nH]c3ccccc23)c1. The van der Waals surface area contributed by atoms with E-state index in [2.05, 4.69) is 34.7 Å². The predicted octanol–water partition coefficient (Wildman–Crippen LogP) is 3.96. The van der Waals surface area contributed by atoms with E-state index in [1.807, 2.05) is 43.3 Å². The van der Waals surface area contributed by atoms with Crippen LogP contribution in [0, 0.1) is 6.92 Å². The summed E-state index contributed by atoms with van der Waals surface area (Å²) in [6, 6.07) is 16.1. The number of carbonyl (C=O) groups excluding carboxylic acids is 1. The maximum atomic E-state index is 12.2. The van der Waals surface area contributed by atoms with Gasteiger partial charge in [-0.2, -0.15) is 0 Å². The summed E-state index contributed by atoms with van der Waals surface area (Å²) in [5, 5.41) is 7.19. The standard InChI is InChI=1S/C22H27N3O2/c1-15(13-17-7-6-8-18(14-17)27-3)24-22(26)23-12-11-19-16(2)25-21-10-5-4-9-20(19)21/h4-10,14-15,25H,11-13H2,1-3H3,(H2,23,24,26). The zero-order valence-electron chi connectivity index (χ0n) is 16.1. The van der Waals surface area contributed by atoms with Gasteiger partial charge in [0.15, 0.2) is 0 Å². The molecule has 5 nitrogen and oxygen atoms in total. The molecule has 0 aliphatic carbocycles. The van der Waals surface area contributed by atoms with Gasteiger partial charge in [0.2, 0.25) is 0 Å². The van der Waals surface area contributed by atoms with Gasteiger partial charge in [0.1, 0.15) is 5.75 Å². The van der Waals surface area contributed by atoms with Gasteiger partial charge in [-0.1, -0.05) is 30.3 Å². The molecule has 3 aromatic rings. The van der Waals surface area contributed by atoms with Gasteiger partial charge in [0.05, 0.1) is 7.11 Å². The minimum Gasteiger partial charge on any atom is -0.497 e. The van der Waals surface area contributed by atoms with E-state index in [0.29, 0.717) is 6.54 Å². The highest BCUT2D eigenvalue weighted by Gasteiger charge is 2.10. The number of benzene rings is 2. The number of fused-ring (bicyclic) bond motifs is 1. The van der Waals surface area contributed by atoms with Crippen molar-refractivity contribution >= 4 is 16.9 Å². The number of aromatic nitrogens is 1. The first-order valence-electron chi connectivity index (χ1n) is 9.30. The molecule has 0 saturated carbocycles. The van der Waals surface area contributed by atoms with Gasteiger partial charge in [0.25, 0.3) is 0 Å². The van der Waals surface area contributed by atoms with E-state index in [0.717, 1.165) is 35.4 Å². The fourth-order valence-electron chi connectivity index (χ4n) is 3.44. The van der Waals surface area contributed by atoms with E-state index in [4.69, 9.17) is 4.74 Å². The fraction of sp³-hybridized carbons (Fsp3) is 0.318. The van der Waals surface area contributed by atoms with Crippen LogP contribution in [0.4, 0.5) is 4.79 Å². The Kier molecular flexibility index (Phi) is 6.01. The van der Waals surface area contributed by atoms with Crippen molar-refractivity contribution in [1.82, 2.24) is 15.6 Å². The number of carbonyl (C=O) groups is 1. The molecule has 0 aliphatic rings. The lowest BCUT2D eigenvalue weighted by atomic mass is 10.1. The Morgan fingerprint density at radius 1 is 1.19 bits per heavy atom. The van der Waals surface area contributed by atoms with E-state index in [1.54, 1.807) is 7.11 Å². The summed E-state index contributed by atoms with van der Waals surface area (Å²) >= 11 is 0. The summed E-state index contributed by atoms with van der Waals surface area (Å²) in [5.41, 5.74) is 4.69. The lowest BCUT2D eigenvalue weighted by Gasteiger charge is -2.15. The van der Waals surface area contributed by atoms with Crippen LogP contribution in [0.25, 0.3) is 10.9 Å². The van der Waals surface area contributed by atoms with Crippen LogP contribution in [-0.4, -0.2) is 30.7 Å². The van der Waals surface area contributed by atoms with Crippen LogP contribution >= 0.6 is 0 Å². The van der Waals surface area contributed by atoms with Crippen LogP contribution in [0.15, 0.2) is 48.5 Å². The number of hydrogen-bond acceptors (Lipinski definition) is 2. The first-order valence-corrected chi connectivity index (χ1v) is 9.30. The molecular weight excluding hydrogens is 338 g/mol. The van der Waals surface area contributed by atoms with Crippen molar-refractivity contribution in [3.63, 3.8) is 0 Å². The molecule has 0 fully saturated rings. The van der Waals surface area contributed by atoms with Crippen molar-refractivity contribution in [3.05, 3.63) is 65.4 Å². The van der Waals surface area contributed by atoms with Crippen molar-refractivity contribution in [1.29, 1.82) is 0 Å². The monoisotopic (exact) mass is 365 g/mol. The van der Waals surface area contributed by atoms with Crippen molar-refractivity contribution in [2.45, 2.75) is 32.7 Å². The van der Waals surface area contributed by atoms with Crippen molar-refractivity contribution in [2.75, 3.05) is 13.7 Å². The van der Waals surface area contributed by atoms with E-state index in [-0.39, 0.29) is 12.1 Å². The van der Waals surface area contributed by atoms with Crippen molar-refractivity contribution in [2.24, 2.45) is 0 Å². The van der Waals surface area contributed by atoms with E-state index in [9.17, 15) is 4.79 Å². The molecule has 27 heavy (non-hydrogen) atoms. The number of aromatic amines is 1. The average molecular weight is 365 g/mol. The molecule has 0 spiro atoms. The summed E-state index contributed by atoms with van der Waals surface area (Å²) in [7, 11) is 1.66. The number of hydrogen-bond donors (Lipinski definition) is 3. The molecule has 5 heteroatoms. The number of H-pyrrole nitrogens is 1. The first kappa shape index (κ1) is 18.8. The molecule has 0 radical (unpaired) electrons. The molecule has 0 saturated heterocycles. The molecular formula is C22H27N3O2. The van der Waals surface area contributed by atoms with Gasteiger partial charge in [-0.05, 0) is 56.0 Å². The highest BCUT2D eigenvalue weighted by molar-refractivity contribution is 5.84. The largest absolute Gasteiger partial charge is 0.497 e. The van der Waals surface area contributed by atoms with Crippen LogP contribution in [0.3, 0.4) is 0 Å². The van der Waals surface area contributed by atoms with Crippen LogP contribution in [0.2, 0.25) is 0 Å². The molecule has 3 rings (SSSR count). The minimum absolute atomic E-state index is 0.0342. The summed E-state index contributed by atoms with van der Waals surface area (Å²) in [5.74, 6) is 0.832. The molecule has 0 bridgehead atoms. The number of nitrogens with one attached hydrogen (secondary N) is 3. The number of para-hydroxylation sites is 1. The second-order valence-electron chi connectivity index (χ2n) is 6.88. The van der Waals surface area contributed by atoms with Gasteiger partial charge in [-0.3, -0.25) is 0 Å². The Labute approximate surface area is 160 Å². The van der Waals surface area contributed by atoms with Gasteiger partial charge in [0, 0.05) is 29.2 Å². The maximum absolute atomic E-state index is 12.2. The zero-order valence-corrected chi connectivity index (χ0v) is 16.1. The van der Waals surface area contributed by atoms with Crippen LogP contribution < -0.4 is 15.4 Å². The first-order chi connectivity index (χ1) is 13.1. The topological polar surface area (TPSA) is 66.2 Å². The number of rotatable bonds is 7. The number of amides is 2. The summed E-state index contributed by atoms with van der Waals surface area (Å²) < 4.78 is 5.24. The third-order valence-electron chi connectivity index (χ3n) is 4.74. The van der Waals surface area contributed by atoms with Crippen molar-refractivity contribution in [3.8, 4) is 5.75 Å². The highest BCUT2D eigenvalue weighted by atomic mass is 16.5. The van der Waals surface area contributed by atoms with Crippen LogP contribution in [0.5, 0.6) is 5.75 Å². The van der Waals surface area contributed by atoms with Crippen molar-refractivity contribution < 1.29 is 9.53 Å². The quantitative estimate of drug-likeness (QED) is 0.593. The summed E-state index contributed by atoms with van der Waals surface area (Å²) in [6.07, 6.45) is 1.56. The molecule has 142 valence electrons. The second kappa shape index (κ2) is 8.62. The lowest BCUT2D eigenvalue weighted by Crippen LogP contribution is -2.42. The van der Waals surface area contributed by atoms with E-state index >= 15 is 0 Å². The summed E-state index contributed by atoms with van der Waals surface area (Å²) in [6.45, 7) is 4.68. The Morgan fingerprint density at radius 3 is 2.81 bits per heavy atom. The molecule has 1 unspecified atom stereocenters. The molecule has 1 aromatic heterocycles. The average Bonchev–Trinajstić information content (AvgIpc) is 2.97.